The summed E-state index contributed by atoms with van der Waals surface area (Å²) in [5.41, 5.74) is 0.417. The van der Waals surface area contributed by atoms with Crippen molar-refractivity contribution in [3.8, 4) is 5.75 Å². The second-order valence-corrected chi connectivity index (χ2v) is 8.04. The monoisotopic (exact) mass is 381 g/mol. The Morgan fingerprint density at radius 3 is 2.65 bits per heavy atom. The first kappa shape index (κ1) is 20.4. The van der Waals surface area contributed by atoms with Crippen molar-refractivity contribution in [1.29, 1.82) is 0 Å². The molecule has 1 aromatic rings. The summed E-state index contributed by atoms with van der Waals surface area (Å²) >= 11 is 6.15. The molecule has 1 fully saturated rings. The maximum Gasteiger partial charge on any atom is 0.321 e. The second-order valence-electron chi connectivity index (χ2n) is 7.63. The number of anilines is 1. The van der Waals surface area contributed by atoms with Crippen LogP contribution < -0.4 is 10.1 Å². The number of urea groups is 1. The maximum absolute atomic E-state index is 12.4. The molecule has 0 aromatic heterocycles. The van der Waals surface area contributed by atoms with Gasteiger partial charge in [-0.15, -0.1) is 0 Å². The Morgan fingerprint density at radius 2 is 2.12 bits per heavy atom. The highest BCUT2D eigenvalue weighted by atomic mass is 35.5. The highest BCUT2D eigenvalue weighted by Gasteiger charge is 2.36. The minimum atomic E-state index is -0.230. The summed E-state index contributed by atoms with van der Waals surface area (Å²) in [7, 11) is 1.73. The van der Waals surface area contributed by atoms with Crippen molar-refractivity contribution in [1.82, 2.24) is 9.80 Å². The molecule has 1 N–H and O–H groups in total. The second kappa shape index (κ2) is 8.16. The summed E-state index contributed by atoms with van der Waals surface area (Å²) in [5.74, 6) is 0.878. The van der Waals surface area contributed by atoms with Gasteiger partial charge in [0.05, 0.1) is 11.6 Å². The Hall–Kier alpha value is -1.95. The number of halogens is 1. The summed E-state index contributed by atoms with van der Waals surface area (Å²) in [5, 5.41) is 3.28. The molecule has 1 saturated heterocycles. The van der Waals surface area contributed by atoms with Gasteiger partial charge in [-0.25, -0.2) is 4.79 Å². The third kappa shape index (κ3) is 5.04. The van der Waals surface area contributed by atoms with E-state index in [0.29, 0.717) is 42.6 Å². The maximum atomic E-state index is 12.4. The zero-order valence-electron chi connectivity index (χ0n) is 16.1. The van der Waals surface area contributed by atoms with Gasteiger partial charge in [0.15, 0.2) is 0 Å². The van der Waals surface area contributed by atoms with E-state index in [1.165, 1.54) is 0 Å². The minimum Gasteiger partial charge on any atom is -0.492 e. The topological polar surface area (TPSA) is 61.9 Å². The van der Waals surface area contributed by atoms with E-state index in [9.17, 15) is 9.59 Å². The van der Waals surface area contributed by atoms with Crippen molar-refractivity contribution in [2.45, 2.75) is 39.7 Å². The molecule has 26 heavy (non-hydrogen) atoms. The van der Waals surface area contributed by atoms with Crippen LogP contribution in [0.25, 0.3) is 0 Å². The number of hydrogen-bond donors (Lipinski definition) is 1. The van der Waals surface area contributed by atoms with Crippen LogP contribution in [-0.2, 0) is 4.79 Å². The van der Waals surface area contributed by atoms with Crippen LogP contribution in [0.1, 0.15) is 34.1 Å². The third-order valence-electron chi connectivity index (χ3n) is 4.38. The number of ether oxygens (including phenoxy) is 1. The number of rotatable bonds is 5. The fraction of sp³-hybridized carbons (Fsp3) is 0.579. The first-order valence-electron chi connectivity index (χ1n) is 8.86. The lowest BCUT2D eigenvalue weighted by Crippen LogP contribution is -2.43. The zero-order chi connectivity index (χ0) is 19.5. The summed E-state index contributed by atoms with van der Waals surface area (Å²) in [6.45, 7) is 9.69. The van der Waals surface area contributed by atoms with Gasteiger partial charge < -0.3 is 19.9 Å². The molecule has 0 saturated carbocycles. The molecule has 0 aliphatic carbocycles. The Balaban J connectivity index is 1.92. The molecule has 6 nitrogen and oxygen atoms in total. The molecular weight excluding hydrogens is 354 g/mol. The number of hydrogen-bond acceptors (Lipinski definition) is 3. The van der Waals surface area contributed by atoms with Gasteiger partial charge in [0, 0.05) is 43.7 Å². The summed E-state index contributed by atoms with van der Waals surface area (Å²) in [6.07, 6.45) is 0.476. The number of benzene rings is 1. The van der Waals surface area contributed by atoms with Crippen LogP contribution in [0, 0.1) is 5.92 Å². The lowest BCUT2D eigenvalue weighted by atomic mass is 10.1. The molecule has 1 aliphatic rings. The van der Waals surface area contributed by atoms with E-state index in [0.717, 1.165) is 0 Å². The molecular formula is C19H28ClN3O3. The SMILES string of the molecule is CCOc1ccc(NC(=O)N(C)C[C@@H]2CC(=O)N(C(C)(C)C)C2)cc1Cl. The van der Waals surface area contributed by atoms with E-state index in [-0.39, 0.29) is 23.4 Å². The Kier molecular flexibility index (Phi) is 6.39. The van der Waals surface area contributed by atoms with Gasteiger partial charge in [-0.3, -0.25) is 4.79 Å². The van der Waals surface area contributed by atoms with E-state index in [4.69, 9.17) is 16.3 Å². The molecule has 0 bridgehead atoms. The van der Waals surface area contributed by atoms with Gasteiger partial charge >= 0.3 is 6.03 Å². The van der Waals surface area contributed by atoms with Crippen LogP contribution in [0.2, 0.25) is 5.02 Å². The summed E-state index contributed by atoms with van der Waals surface area (Å²) in [6, 6.07) is 4.92. The van der Waals surface area contributed by atoms with Gasteiger partial charge in [-0.2, -0.15) is 0 Å². The van der Waals surface area contributed by atoms with Crippen LogP contribution in [0.4, 0.5) is 10.5 Å². The molecule has 144 valence electrons. The highest BCUT2D eigenvalue weighted by molar-refractivity contribution is 6.32. The van der Waals surface area contributed by atoms with Crippen molar-refractivity contribution in [2.75, 3.05) is 32.1 Å². The fourth-order valence-corrected chi connectivity index (χ4v) is 3.33. The van der Waals surface area contributed by atoms with Crippen LogP contribution in [0.3, 0.4) is 0 Å². The van der Waals surface area contributed by atoms with Crippen molar-refractivity contribution < 1.29 is 14.3 Å². The summed E-state index contributed by atoms with van der Waals surface area (Å²) in [4.78, 5) is 28.1. The average molecular weight is 382 g/mol. The number of carbonyl (C=O) groups is 2. The third-order valence-corrected chi connectivity index (χ3v) is 4.67. The van der Waals surface area contributed by atoms with Gasteiger partial charge in [0.1, 0.15) is 5.75 Å². The predicted octanol–water partition coefficient (Wildman–Crippen LogP) is 3.85. The summed E-state index contributed by atoms with van der Waals surface area (Å²) < 4.78 is 5.39. The van der Waals surface area contributed by atoms with E-state index in [1.807, 2.05) is 32.6 Å². The van der Waals surface area contributed by atoms with Crippen LogP contribution >= 0.6 is 11.6 Å². The normalized spacial score (nSPS) is 17.4. The lowest BCUT2D eigenvalue weighted by molar-refractivity contribution is -0.131. The highest BCUT2D eigenvalue weighted by Crippen LogP contribution is 2.28. The molecule has 1 atom stereocenters. The number of nitrogens with zero attached hydrogens (tertiary/aromatic N) is 2. The van der Waals surface area contributed by atoms with Crippen molar-refractivity contribution in [3.05, 3.63) is 23.2 Å². The van der Waals surface area contributed by atoms with Crippen LogP contribution in [-0.4, -0.2) is 54.0 Å². The van der Waals surface area contributed by atoms with E-state index in [2.05, 4.69) is 5.32 Å². The largest absolute Gasteiger partial charge is 0.492 e. The standard InChI is InChI=1S/C19H28ClN3O3/c1-6-26-16-8-7-14(10-15(16)20)21-18(25)22(5)11-13-9-17(24)23(12-13)19(2,3)4/h7-8,10,13H,6,9,11-12H2,1-5H3,(H,21,25)/t13-/m0/s1. The minimum absolute atomic E-state index is 0.140. The Labute approximate surface area is 160 Å². The molecule has 1 heterocycles. The van der Waals surface area contributed by atoms with Gasteiger partial charge in [0.2, 0.25) is 5.91 Å². The number of likely N-dealkylation sites (tertiary alicyclic amines) is 1. The van der Waals surface area contributed by atoms with Gasteiger partial charge in [-0.05, 0) is 45.9 Å². The molecule has 3 amide bonds. The molecule has 2 rings (SSSR count). The molecule has 0 radical (unpaired) electrons. The van der Waals surface area contributed by atoms with Crippen LogP contribution in [0.5, 0.6) is 5.75 Å². The van der Waals surface area contributed by atoms with Gasteiger partial charge in [0.25, 0.3) is 0 Å². The fourth-order valence-electron chi connectivity index (χ4n) is 3.09. The van der Waals surface area contributed by atoms with Crippen molar-refractivity contribution in [2.24, 2.45) is 5.92 Å². The molecule has 0 unspecified atom stereocenters. The van der Waals surface area contributed by atoms with Crippen molar-refractivity contribution >= 4 is 29.2 Å². The van der Waals surface area contributed by atoms with E-state index < -0.39 is 0 Å². The predicted molar refractivity (Wildman–Crippen MR) is 104 cm³/mol. The smallest absolute Gasteiger partial charge is 0.321 e. The molecule has 7 heteroatoms. The van der Waals surface area contributed by atoms with Gasteiger partial charge in [-0.1, -0.05) is 11.6 Å². The zero-order valence-corrected chi connectivity index (χ0v) is 16.9. The van der Waals surface area contributed by atoms with Crippen molar-refractivity contribution in [3.63, 3.8) is 0 Å². The first-order chi connectivity index (χ1) is 12.1. The van der Waals surface area contributed by atoms with E-state index >= 15 is 0 Å². The Morgan fingerprint density at radius 1 is 1.42 bits per heavy atom. The molecule has 0 spiro atoms. The number of amides is 3. The average Bonchev–Trinajstić information content (AvgIpc) is 2.90. The van der Waals surface area contributed by atoms with E-state index in [1.54, 1.807) is 30.1 Å². The Bertz CT molecular complexity index is 672. The quantitative estimate of drug-likeness (QED) is 0.842. The van der Waals surface area contributed by atoms with Crippen LogP contribution in [0.15, 0.2) is 18.2 Å². The molecule has 1 aliphatic heterocycles. The molecule has 1 aromatic carbocycles. The first-order valence-corrected chi connectivity index (χ1v) is 9.24. The lowest BCUT2D eigenvalue weighted by Gasteiger charge is -2.32. The number of nitrogens with one attached hydrogen (secondary N) is 1. The number of carbonyl (C=O) groups excluding carboxylic acids is 2.